The van der Waals surface area contributed by atoms with Crippen molar-refractivity contribution in [3.63, 3.8) is 0 Å². The maximum atomic E-state index is 12.0. The molecule has 3 rings (SSSR count). The second-order valence-corrected chi connectivity index (χ2v) is 6.65. The summed E-state index contributed by atoms with van der Waals surface area (Å²) in [6.45, 7) is 7.00. The second-order valence-electron chi connectivity index (χ2n) is 6.65. The van der Waals surface area contributed by atoms with Gasteiger partial charge in [-0.2, -0.15) is 0 Å². The summed E-state index contributed by atoms with van der Waals surface area (Å²) in [5.74, 6) is 0.184. The summed E-state index contributed by atoms with van der Waals surface area (Å²) in [6.07, 6.45) is 4.32. The number of hydrogen-bond donors (Lipinski definition) is 2. The highest BCUT2D eigenvalue weighted by molar-refractivity contribution is 5.85. The largest absolute Gasteiger partial charge is 0.357 e. The van der Waals surface area contributed by atoms with Crippen LogP contribution in [-0.2, 0) is 17.8 Å². The molecule has 0 aliphatic heterocycles. The number of rotatable bonds is 5. The minimum Gasteiger partial charge on any atom is -0.357 e. The van der Waals surface area contributed by atoms with Gasteiger partial charge in [-0.15, -0.1) is 0 Å². The van der Waals surface area contributed by atoms with Gasteiger partial charge in [-0.1, -0.05) is 20.3 Å². The number of aromatic nitrogens is 1. The number of carbonyl (C=O) groups is 1. The van der Waals surface area contributed by atoms with E-state index in [1.807, 2.05) is 6.92 Å². The van der Waals surface area contributed by atoms with Crippen LogP contribution in [0, 0.1) is 12.3 Å². The molecule has 0 spiro atoms. The first kappa shape index (κ1) is 14.2. The number of H-pyrrole nitrogens is 1. The molecule has 3 nitrogen and oxygen atoms in total. The number of aromatic amines is 1. The molecule has 0 unspecified atom stereocenters. The van der Waals surface area contributed by atoms with E-state index in [9.17, 15) is 4.79 Å². The molecule has 1 aliphatic carbocycles. The zero-order chi connectivity index (χ0) is 15.0. The van der Waals surface area contributed by atoms with Gasteiger partial charge in [0, 0.05) is 16.6 Å². The Morgan fingerprint density at radius 3 is 2.76 bits per heavy atom. The van der Waals surface area contributed by atoms with Crippen molar-refractivity contribution in [2.45, 2.75) is 53.0 Å². The summed E-state index contributed by atoms with van der Waals surface area (Å²) >= 11 is 0. The van der Waals surface area contributed by atoms with Crippen molar-refractivity contribution < 1.29 is 4.79 Å². The van der Waals surface area contributed by atoms with E-state index < -0.39 is 0 Å². The van der Waals surface area contributed by atoms with Crippen LogP contribution in [0.25, 0.3) is 10.9 Å². The molecule has 0 bridgehead atoms. The Labute approximate surface area is 126 Å². The fourth-order valence-electron chi connectivity index (χ4n) is 2.84. The van der Waals surface area contributed by atoms with Crippen molar-refractivity contribution in [1.29, 1.82) is 0 Å². The molecule has 1 heterocycles. The predicted molar refractivity (Wildman–Crippen MR) is 86.2 cm³/mol. The van der Waals surface area contributed by atoms with Crippen LogP contribution in [0.3, 0.4) is 0 Å². The molecule has 1 fully saturated rings. The number of benzene rings is 1. The SMILES string of the molecule is CCCc1cc2[nH]c(CNC(=O)C3(C)CC3)cc2cc1C. The number of carbonyl (C=O) groups excluding carboxylic acids is 1. The molecular weight excluding hydrogens is 260 g/mol. The van der Waals surface area contributed by atoms with E-state index in [1.54, 1.807) is 0 Å². The zero-order valence-electron chi connectivity index (χ0n) is 13.2. The lowest BCUT2D eigenvalue weighted by atomic mass is 10.0. The van der Waals surface area contributed by atoms with Crippen molar-refractivity contribution in [1.82, 2.24) is 10.3 Å². The van der Waals surface area contributed by atoms with Crippen LogP contribution < -0.4 is 5.32 Å². The van der Waals surface area contributed by atoms with Gasteiger partial charge in [-0.25, -0.2) is 0 Å². The normalized spacial score (nSPS) is 16.1. The Hall–Kier alpha value is -1.77. The van der Waals surface area contributed by atoms with Gasteiger partial charge < -0.3 is 10.3 Å². The molecule has 3 heteroatoms. The van der Waals surface area contributed by atoms with E-state index >= 15 is 0 Å². The molecule has 1 amide bonds. The van der Waals surface area contributed by atoms with Gasteiger partial charge in [0.1, 0.15) is 0 Å². The fourth-order valence-corrected chi connectivity index (χ4v) is 2.84. The van der Waals surface area contributed by atoms with E-state index in [0.717, 1.165) is 31.4 Å². The quantitative estimate of drug-likeness (QED) is 0.860. The van der Waals surface area contributed by atoms with E-state index in [1.165, 1.54) is 22.0 Å². The second kappa shape index (κ2) is 5.21. The third-order valence-corrected chi connectivity index (χ3v) is 4.64. The Morgan fingerprint density at radius 2 is 2.10 bits per heavy atom. The first-order chi connectivity index (χ1) is 10.0. The van der Waals surface area contributed by atoms with Crippen LogP contribution in [0.5, 0.6) is 0 Å². The van der Waals surface area contributed by atoms with Gasteiger partial charge in [-0.3, -0.25) is 4.79 Å². The summed E-state index contributed by atoms with van der Waals surface area (Å²) in [6, 6.07) is 6.64. The van der Waals surface area contributed by atoms with Crippen LogP contribution >= 0.6 is 0 Å². The van der Waals surface area contributed by atoms with Crippen LogP contribution in [0.15, 0.2) is 18.2 Å². The molecule has 1 aromatic heterocycles. The van der Waals surface area contributed by atoms with Crippen LogP contribution in [0.1, 0.15) is 49.9 Å². The van der Waals surface area contributed by atoms with Crippen LogP contribution in [0.4, 0.5) is 0 Å². The topological polar surface area (TPSA) is 44.9 Å². The average Bonchev–Trinajstić information content (AvgIpc) is 3.08. The third kappa shape index (κ3) is 2.82. The Morgan fingerprint density at radius 1 is 1.33 bits per heavy atom. The molecule has 2 N–H and O–H groups in total. The van der Waals surface area contributed by atoms with Crippen molar-refractivity contribution in [3.05, 3.63) is 35.0 Å². The molecular formula is C18H24N2O. The molecule has 0 atom stereocenters. The molecule has 0 saturated heterocycles. The molecule has 1 aromatic carbocycles. The monoisotopic (exact) mass is 284 g/mol. The smallest absolute Gasteiger partial charge is 0.226 e. The summed E-state index contributed by atoms with van der Waals surface area (Å²) in [7, 11) is 0. The molecule has 1 saturated carbocycles. The molecule has 21 heavy (non-hydrogen) atoms. The minimum atomic E-state index is -0.100. The van der Waals surface area contributed by atoms with Crippen molar-refractivity contribution in [3.8, 4) is 0 Å². The third-order valence-electron chi connectivity index (χ3n) is 4.64. The number of aryl methyl sites for hydroxylation is 2. The maximum Gasteiger partial charge on any atom is 0.226 e. The molecule has 0 radical (unpaired) electrons. The van der Waals surface area contributed by atoms with Gasteiger partial charge >= 0.3 is 0 Å². The maximum absolute atomic E-state index is 12.0. The van der Waals surface area contributed by atoms with Crippen LogP contribution in [-0.4, -0.2) is 10.9 Å². The van der Waals surface area contributed by atoms with Crippen molar-refractivity contribution in [2.24, 2.45) is 5.41 Å². The standard InChI is InChI=1S/C18H24N2O/c1-4-5-13-10-16-14(8-12(13)2)9-15(20-16)11-19-17(21)18(3)6-7-18/h8-10,20H,4-7,11H2,1-3H3,(H,19,21). The van der Waals surface area contributed by atoms with Gasteiger partial charge in [0.15, 0.2) is 0 Å². The van der Waals surface area contributed by atoms with Crippen molar-refractivity contribution in [2.75, 3.05) is 0 Å². The van der Waals surface area contributed by atoms with Gasteiger partial charge in [0.25, 0.3) is 0 Å². The average molecular weight is 284 g/mol. The lowest BCUT2D eigenvalue weighted by molar-refractivity contribution is -0.125. The summed E-state index contributed by atoms with van der Waals surface area (Å²) in [4.78, 5) is 15.4. The zero-order valence-corrected chi connectivity index (χ0v) is 13.2. The predicted octanol–water partition coefficient (Wildman–Crippen LogP) is 3.85. The first-order valence-electron chi connectivity index (χ1n) is 7.91. The minimum absolute atomic E-state index is 0.100. The van der Waals surface area contributed by atoms with E-state index in [4.69, 9.17) is 0 Å². The number of nitrogens with one attached hydrogen (secondary N) is 2. The summed E-state index contributed by atoms with van der Waals surface area (Å²) in [5.41, 5.74) is 4.91. The van der Waals surface area contributed by atoms with E-state index in [0.29, 0.717) is 6.54 Å². The van der Waals surface area contributed by atoms with Gasteiger partial charge in [-0.05, 0) is 60.9 Å². The highest BCUT2D eigenvalue weighted by Crippen LogP contribution is 2.45. The Kier molecular flexibility index (Phi) is 3.52. The lowest BCUT2D eigenvalue weighted by Gasteiger charge is -2.08. The number of hydrogen-bond acceptors (Lipinski definition) is 1. The number of amides is 1. The Balaban J connectivity index is 1.76. The van der Waals surface area contributed by atoms with E-state index in [2.05, 4.69) is 42.3 Å². The lowest BCUT2D eigenvalue weighted by Crippen LogP contribution is -2.29. The first-order valence-corrected chi connectivity index (χ1v) is 7.91. The van der Waals surface area contributed by atoms with Crippen molar-refractivity contribution >= 4 is 16.8 Å². The fraction of sp³-hybridized carbons (Fsp3) is 0.500. The Bertz CT molecular complexity index is 680. The summed E-state index contributed by atoms with van der Waals surface area (Å²) < 4.78 is 0. The highest BCUT2D eigenvalue weighted by Gasteiger charge is 2.44. The highest BCUT2D eigenvalue weighted by atomic mass is 16.2. The van der Waals surface area contributed by atoms with E-state index in [-0.39, 0.29) is 11.3 Å². The molecule has 112 valence electrons. The summed E-state index contributed by atoms with van der Waals surface area (Å²) in [5, 5.41) is 4.28. The molecule has 1 aliphatic rings. The van der Waals surface area contributed by atoms with Gasteiger partial charge in [0.05, 0.1) is 6.54 Å². The van der Waals surface area contributed by atoms with Gasteiger partial charge in [0.2, 0.25) is 5.91 Å². The number of fused-ring (bicyclic) bond motifs is 1. The van der Waals surface area contributed by atoms with Crippen LogP contribution in [0.2, 0.25) is 0 Å². The molecule has 2 aromatic rings.